The van der Waals surface area contributed by atoms with Crippen molar-refractivity contribution in [1.29, 1.82) is 0 Å². The van der Waals surface area contributed by atoms with Gasteiger partial charge in [0.25, 0.3) is 5.91 Å². The van der Waals surface area contributed by atoms with Crippen molar-refractivity contribution >= 4 is 44.9 Å². The molecule has 0 fully saturated rings. The van der Waals surface area contributed by atoms with Gasteiger partial charge in [0.05, 0.1) is 0 Å². The van der Waals surface area contributed by atoms with Gasteiger partial charge in [-0.25, -0.2) is 0 Å². The maximum Gasteiger partial charge on any atom is 0.257 e. The van der Waals surface area contributed by atoms with Gasteiger partial charge in [0.2, 0.25) is 0 Å². The molecule has 2 rings (SSSR count). The predicted octanol–water partition coefficient (Wildman–Crippen LogP) is 4.53. The molecule has 2 N–H and O–H groups in total. The van der Waals surface area contributed by atoms with Gasteiger partial charge in [-0.2, -0.15) is 0 Å². The second kappa shape index (κ2) is 8.06. The normalized spacial score (nSPS) is 10.1. The highest BCUT2D eigenvalue weighted by Gasteiger charge is 2.09. The first-order chi connectivity index (χ1) is 10.6. The summed E-state index contributed by atoms with van der Waals surface area (Å²) in [6.45, 7) is 2.13. The lowest BCUT2D eigenvalue weighted by Crippen LogP contribution is -2.34. The highest BCUT2D eigenvalue weighted by atomic mass is 79.9. The van der Waals surface area contributed by atoms with Crippen LogP contribution in [0.4, 0.5) is 5.69 Å². The zero-order valence-electron chi connectivity index (χ0n) is 12.2. The number of anilines is 1. The number of carbonyl (C=O) groups excluding carboxylic acids is 1. The molecule has 0 aromatic heterocycles. The minimum atomic E-state index is -0.216. The van der Waals surface area contributed by atoms with E-state index < -0.39 is 0 Å². The Morgan fingerprint density at radius 2 is 1.91 bits per heavy atom. The molecule has 0 heterocycles. The third-order valence-electron chi connectivity index (χ3n) is 3.10. The smallest absolute Gasteiger partial charge is 0.257 e. The number of hydrogen-bond acceptors (Lipinski definition) is 2. The molecule has 0 atom stereocenters. The zero-order chi connectivity index (χ0) is 15.9. The fourth-order valence-electron chi connectivity index (χ4n) is 2.08. The molecule has 0 aliphatic carbocycles. The van der Waals surface area contributed by atoms with Crippen molar-refractivity contribution in [2.45, 2.75) is 19.8 Å². The molecular formula is C17H17BrN2OS. The van der Waals surface area contributed by atoms with Crippen molar-refractivity contribution in [3.05, 3.63) is 64.1 Å². The molecule has 0 unspecified atom stereocenters. The van der Waals surface area contributed by atoms with Crippen LogP contribution in [0.2, 0.25) is 0 Å². The molecule has 5 heteroatoms. The second-order valence-electron chi connectivity index (χ2n) is 4.83. The van der Waals surface area contributed by atoms with Crippen molar-refractivity contribution in [1.82, 2.24) is 5.32 Å². The van der Waals surface area contributed by atoms with Gasteiger partial charge in [0.15, 0.2) is 5.11 Å². The monoisotopic (exact) mass is 376 g/mol. The molecule has 0 saturated carbocycles. The topological polar surface area (TPSA) is 41.1 Å². The molecule has 0 radical (unpaired) electrons. The molecule has 3 nitrogen and oxygen atoms in total. The quantitative estimate of drug-likeness (QED) is 0.770. The third kappa shape index (κ3) is 4.64. The summed E-state index contributed by atoms with van der Waals surface area (Å²) in [7, 11) is 0. The van der Waals surface area contributed by atoms with Crippen molar-refractivity contribution in [3.8, 4) is 0 Å². The van der Waals surface area contributed by atoms with Crippen molar-refractivity contribution in [2.75, 3.05) is 5.32 Å². The maximum absolute atomic E-state index is 12.1. The Morgan fingerprint density at radius 1 is 1.18 bits per heavy atom. The van der Waals surface area contributed by atoms with Gasteiger partial charge >= 0.3 is 0 Å². The summed E-state index contributed by atoms with van der Waals surface area (Å²) in [5.74, 6) is -0.216. The third-order valence-corrected chi connectivity index (χ3v) is 3.80. The van der Waals surface area contributed by atoms with Crippen LogP contribution in [-0.4, -0.2) is 11.0 Å². The Morgan fingerprint density at radius 3 is 2.59 bits per heavy atom. The lowest BCUT2D eigenvalue weighted by molar-refractivity contribution is 0.0977. The average molecular weight is 377 g/mol. The van der Waals surface area contributed by atoms with Gasteiger partial charge < -0.3 is 5.32 Å². The number of amides is 1. The number of nitrogens with one attached hydrogen (secondary N) is 2. The van der Waals surface area contributed by atoms with Crippen molar-refractivity contribution < 1.29 is 4.79 Å². The fourth-order valence-corrected chi connectivity index (χ4v) is 2.69. The Bertz CT molecular complexity index is 674. The Hall–Kier alpha value is -1.72. The van der Waals surface area contributed by atoms with E-state index in [4.69, 9.17) is 12.2 Å². The van der Waals surface area contributed by atoms with Crippen LogP contribution in [0.3, 0.4) is 0 Å². The van der Waals surface area contributed by atoms with E-state index in [1.807, 2.05) is 30.3 Å². The second-order valence-corrected chi connectivity index (χ2v) is 6.15. The average Bonchev–Trinajstić information content (AvgIpc) is 2.51. The Labute approximate surface area is 144 Å². The minimum Gasteiger partial charge on any atom is -0.332 e. The van der Waals surface area contributed by atoms with E-state index in [9.17, 15) is 4.79 Å². The van der Waals surface area contributed by atoms with Crippen LogP contribution < -0.4 is 10.6 Å². The molecule has 0 bridgehead atoms. The summed E-state index contributed by atoms with van der Waals surface area (Å²) in [5.41, 5.74) is 2.66. The molecule has 0 aliphatic heterocycles. The van der Waals surface area contributed by atoms with Gasteiger partial charge in [-0.1, -0.05) is 47.5 Å². The molecule has 22 heavy (non-hydrogen) atoms. The summed E-state index contributed by atoms with van der Waals surface area (Å²) < 4.78 is 1.03. The van der Waals surface area contributed by atoms with E-state index in [1.165, 1.54) is 0 Å². The lowest BCUT2D eigenvalue weighted by Gasteiger charge is -2.13. The number of benzene rings is 2. The van der Waals surface area contributed by atoms with Crippen molar-refractivity contribution in [3.63, 3.8) is 0 Å². The summed E-state index contributed by atoms with van der Waals surface area (Å²) in [6, 6.07) is 15.0. The number of halogens is 1. The molecule has 114 valence electrons. The summed E-state index contributed by atoms with van der Waals surface area (Å²) in [4.78, 5) is 12.1. The molecular weight excluding hydrogens is 360 g/mol. The SMILES string of the molecule is CCCc1cc(Br)ccc1NC(=S)NC(=O)c1ccccc1. The summed E-state index contributed by atoms with van der Waals surface area (Å²) >= 11 is 8.71. The maximum atomic E-state index is 12.1. The zero-order valence-corrected chi connectivity index (χ0v) is 14.6. The summed E-state index contributed by atoms with van der Waals surface area (Å²) in [5, 5.41) is 6.10. The molecule has 0 spiro atoms. The first-order valence-electron chi connectivity index (χ1n) is 7.06. The van der Waals surface area contributed by atoms with Gasteiger partial charge in [-0.15, -0.1) is 0 Å². The van der Waals surface area contributed by atoms with E-state index in [0.29, 0.717) is 10.7 Å². The standard InChI is InChI=1S/C17H17BrN2OS/c1-2-6-13-11-14(18)9-10-15(13)19-17(22)20-16(21)12-7-4-3-5-8-12/h3-5,7-11H,2,6H2,1H3,(H2,19,20,21,22). The molecule has 2 aromatic carbocycles. The van der Waals surface area contributed by atoms with E-state index in [0.717, 1.165) is 28.6 Å². The molecule has 0 aliphatic rings. The molecule has 2 aromatic rings. The number of carbonyl (C=O) groups is 1. The Kier molecular flexibility index (Phi) is 6.10. The molecule has 1 amide bonds. The van der Waals surface area contributed by atoms with E-state index in [1.54, 1.807) is 12.1 Å². The highest BCUT2D eigenvalue weighted by Crippen LogP contribution is 2.22. The number of rotatable bonds is 4. The van der Waals surface area contributed by atoms with E-state index in [-0.39, 0.29) is 5.91 Å². The van der Waals surface area contributed by atoms with Crippen LogP contribution in [0.25, 0.3) is 0 Å². The minimum absolute atomic E-state index is 0.216. The fraction of sp³-hybridized carbons (Fsp3) is 0.176. The van der Waals surface area contributed by atoms with Crippen LogP contribution in [-0.2, 0) is 6.42 Å². The Balaban J connectivity index is 2.05. The van der Waals surface area contributed by atoms with Crippen LogP contribution in [0, 0.1) is 0 Å². The van der Waals surface area contributed by atoms with Gasteiger partial charge in [-0.05, 0) is 54.5 Å². The van der Waals surface area contributed by atoms with Gasteiger partial charge in [0.1, 0.15) is 0 Å². The predicted molar refractivity (Wildman–Crippen MR) is 98.3 cm³/mol. The number of thiocarbonyl (C=S) groups is 1. The lowest BCUT2D eigenvalue weighted by atomic mass is 10.1. The van der Waals surface area contributed by atoms with Crippen LogP contribution >= 0.6 is 28.1 Å². The molecule has 0 saturated heterocycles. The van der Waals surface area contributed by atoms with Gasteiger partial charge in [0, 0.05) is 15.7 Å². The largest absolute Gasteiger partial charge is 0.332 e. The van der Waals surface area contributed by atoms with E-state index in [2.05, 4.69) is 39.6 Å². The first-order valence-corrected chi connectivity index (χ1v) is 8.26. The van der Waals surface area contributed by atoms with Crippen LogP contribution in [0.15, 0.2) is 53.0 Å². The summed E-state index contributed by atoms with van der Waals surface area (Å²) in [6.07, 6.45) is 1.98. The van der Waals surface area contributed by atoms with Gasteiger partial charge in [-0.3, -0.25) is 10.1 Å². The van der Waals surface area contributed by atoms with Crippen LogP contribution in [0.1, 0.15) is 29.3 Å². The first kappa shape index (κ1) is 16.6. The number of aryl methyl sites for hydroxylation is 1. The van der Waals surface area contributed by atoms with E-state index >= 15 is 0 Å². The highest BCUT2D eigenvalue weighted by molar-refractivity contribution is 9.10. The van der Waals surface area contributed by atoms with Crippen LogP contribution in [0.5, 0.6) is 0 Å². The van der Waals surface area contributed by atoms with Crippen molar-refractivity contribution in [2.24, 2.45) is 0 Å². The number of hydrogen-bond donors (Lipinski definition) is 2.